The fraction of sp³-hybridized carbons (Fsp3) is 0.316. The quantitative estimate of drug-likeness (QED) is 0.588. The van der Waals surface area contributed by atoms with E-state index < -0.39 is 20.9 Å². The Morgan fingerprint density at radius 2 is 1.62 bits per heavy atom. The van der Waals surface area contributed by atoms with Crippen LogP contribution in [0.3, 0.4) is 0 Å². The molecule has 1 saturated heterocycles. The van der Waals surface area contributed by atoms with Gasteiger partial charge >= 0.3 is 0 Å². The van der Waals surface area contributed by atoms with Crippen LogP contribution in [0.5, 0.6) is 0 Å². The molecule has 1 heterocycles. The molecule has 1 N–H and O–H groups in total. The average Bonchev–Trinajstić information content (AvgIpc) is 2.67. The van der Waals surface area contributed by atoms with Crippen molar-refractivity contribution in [1.82, 2.24) is 4.31 Å². The summed E-state index contributed by atoms with van der Waals surface area (Å²) >= 11 is 0. The number of nitrogens with zero attached hydrogens (tertiary/aromatic N) is 2. The minimum absolute atomic E-state index is 0.0793. The zero-order valence-corrected chi connectivity index (χ0v) is 16.8. The van der Waals surface area contributed by atoms with E-state index in [4.69, 9.17) is 4.74 Å². The third-order valence-corrected chi connectivity index (χ3v) is 6.32. The van der Waals surface area contributed by atoms with Crippen molar-refractivity contribution in [2.45, 2.75) is 31.0 Å². The first kappa shape index (κ1) is 20.9. The lowest BCUT2D eigenvalue weighted by molar-refractivity contribution is -0.384. The Kier molecular flexibility index (Phi) is 5.96. The Labute approximate surface area is 168 Å². The Bertz CT molecular complexity index is 995. The number of hydrogen-bond acceptors (Lipinski definition) is 6. The largest absolute Gasteiger partial charge is 0.373 e. The number of nitro benzene ring substituents is 1. The van der Waals surface area contributed by atoms with Gasteiger partial charge in [0.2, 0.25) is 10.0 Å². The predicted octanol–water partition coefficient (Wildman–Crippen LogP) is 2.65. The van der Waals surface area contributed by atoms with Crippen molar-refractivity contribution in [2.24, 2.45) is 0 Å². The second kappa shape index (κ2) is 8.27. The van der Waals surface area contributed by atoms with E-state index in [-0.39, 0.29) is 41.4 Å². The van der Waals surface area contributed by atoms with Crippen LogP contribution in [0.15, 0.2) is 53.4 Å². The third kappa shape index (κ3) is 4.78. The van der Waals surface area contributed by atoms with Gasteiger partial charge in [0, 0.05) is 36.5 Å². The van der Waals surface area contributed by atoms with E-state index in [1.165, 1.54) is 52.8 Å². The van der Waals surface area contributed by atoms with Crippen LogP contribution >= 0.6 is 0 Å². The van der Waals surface area contributed by atoms with E-state index in [1.54, 1.807) is 0 Å². The summed E-state index contributed by atoms with van der Waals surface area (Å²) in [4.78, 5) is 22.6. The average molecular weight is 419 g/mol. The zero-order chi connectivity index (χ0) is 21.2. The first-order valence-electron chi connectivity index (χ1n) is 8.98. The first-order chi connectivity index (χ1) is 13.7. The Hall–Kier alpha value is -2.82. The second-order valence-corrected chi connectivity index (χ2v) is 8.80. The Morgan fingerprint density at radius 1 is 1.07 bits per heavy atom. The topological polar surface area (TPSA) is 119 Å². The normalized spacial score (nSPS) is 20.2. The van der Waals surface area contributed by atoms with E-state index in [0.717, 1.165) is 0 Å². The predicted molar refractivity (Wildman–Crippen MR) is 106 cm³/mol. The van der Waals surface area contributed by atoms with Crippen LogP contribution in [0.4, 0.5) is 11.4 Å². The van der Waals surface area contributed by atoms with E-state index in [0.29, 0.717) is 5.69 Å². The van der Waals surface area contributed by atoms with Gasteiger partial charge in [0.25, 0.3) is 11.6 Å². The van der Waals surface area contributed by atoms with Crippen LogP contribution in [0.2, 0.25) is 0 Å². The van der Waals surface area contributed by atoms with Crippen molar-refractivity contribution < 1.29 is 22.9 Å². The summed E-state index contributed by atoms with van der Waals surface area (Å²) in [5.41, 5.74) is 0.587. The fourth-order valence-corrected chi connectivity index (χ4v) is 4.71. The minimum atomic E-state index is -3.68. The van der Waals surface area contributed by atoms with Crippen molar-refractivity contribution in [3.63, 3.8) is 0 Å². The number of carbonyl (C=O) groups is 1. The van der Waals surface area contributed by atoms with Crippen molar-refractivity contribution in [3.05, 3.63) is 64.2 Å². The molecule has 0 unspecified atom stereocenters. The van der Waals surface area contributed by atoms with Gasteiger partial charge in [0.05, 0.1) is 22.0 Å². The molecule has 0 saturated carbocycles. The lowest BCUT2D eigenvalue weighted by Crippen LogP contribution is -2.48. The third-order valence-electron chi connectivity index (χ3n) is 4.48. The van der Waals surface area contributed by atoms with Gasteiger partial charge in [-0.2, -0.15) is 4.31 Å². The van der Waals surface area contributed by atoms with Crippen LogP contribution in [0, 0.1) is 10.1 Å². The molecule has 2 aromatic rings. The maximum absolute atomic E-state index is 12.9. The molecule has 0 spiro atoms. The van der Waals surface area contributed by atoms with Gasteiger partial charge in [0.1, 0.15) is 0 Å². The van der Waals surface area contributed by atoms with Crippen LogP contribution in [-0.2, 0) is 14.8 Å². The van der Waals surface area contributed by atoms with Gasteiger partial charge in [-0.25, -0.2) is 8.42 Å². The van der Waals surface area contributed by atoms with Crippen molar-refractivity contribution >= 4 is 27.3 Å². The number of hydrogen-bond donors (Lipinski definition) is 1. The number of rotatable bonds is 5. The number of nitrogens with one attached hydrogen (secondary N) is 1. The maximum atomic E-state index is 12.9. The zero-order valence-electron chi connectivity index (χ0n) is 15.9. The highest BCUT2D eigenvalue weighted by Crippen LogP contribution is 2.22. The number of nitro groups is 1. The highest BCUT2D eigenvalue weighted by atomic mass is 32.2. The molecule has 0 aromatic heterocycles. The molecule has 1 amide bonds. The molecule has 1 fully saturated rings. The van der Waals surface area contributed by atoms with Crippen LogP contribution in [0.25, 0.3) is 0 Å². The standard InChI is InChI=1S/C19H21N3O6S/c1-13-11-21(12-14(2)28-13)29(26,27)18-9-3-15(4-10-18)19(23)20-16-5-7-17(8-6-16)22(24)25/h3-10,13-14H,11-12H2,1-2H3,(H,20,23)/t13-,14+. The lowest BCUT2D eigenvalue weighted by atomic mass is 10.2. The number of benzene rings is 2. The van der Waals surface area contributed by atoms with E-state index >= 15 is 0 Å². The highest BCUT2D eigenvalue weighted by molar-refractivity contribution is 7.89. The van der Waals surface area contributed by atoms with Gasteiger partial charge in [0.15, 0.2) is 0 Å². The monoisotopic (exact) mass is 419 g/mol. The first-order valence-corrected chi connectivity index (χ1v) is 10.4. The molecule has 2 atom stereocenters. The van der Waals surface area contributed by atoms with Gasteiger partial charge in [-0.15, -0.1) is 0 Å². The molecule has 3 rings (SSSR count). The number of non-ortho nitro benzene ring substituents is 1. The molecule has 154 valence electrons. The maximum Gasteiger partial charge on any atom is 0.269 e. The van der Waals surface area contributed by atoms with E-state index in [1.807, 2.05) is 13.8 Å². The Balaban J connectivity index is 1.72. The number of sulfonamides is 1. The van der Waals surface area contributed by atoms with Crippen molar-refractivity contribution in [2.75, 3.05) is 18.4 Å². The molecule has 0 radical (unpaired) electrons. The van der Waals surface area contributed by atoms with Crippen molar-refractivity contribution in [1.29, 1.82) is 0 Å². The van der Waals surface area contributed by atoms with Gasteiger partial charge in [-0.05, 0) is 50.2 Å². The van der Waals surface area contributed by atoms with E-state index in [2.05, 4.69) is 5.32 Å². The van der Waals surface area contributed by atoms with Gasteiger partial charge in [-0.1, -0.05) is 0 Å². The van der Waals surface area contributed by atoms with Gasteiger partial charge < -0.3 is 10.1 Å². The number of carbonyl (C=O) groups excluding carboxylic acids is 1. The number of amides is 1. The smallest absolute Gasteiger partial charge is 0.269 e. The molecule has 0 bridgehead atoms. The molecular weight excluding hydrogens is 398 g/mol. The summed E-state index contributed by atoms with van der Waals surface area (Å²) < 4.78 is 32.7. The summed E-state index contributed by atoms with van der Waals surface area (Å²) in [5, 5.41) is 13.3. The molecule has 10 heteroatoms. The SMILES string of the molecule is C[C@@H]1CN(S(=O)(=O)c2ccc(C(=O)Nc3ccc([N+](=O)[O-])cc3)cc2)C[C@H](C)O1. The second-order valence-electron chi connectivity index (χ2n) is 6.86. The fourth-order valence-electron chi connectivity index (χ4n) is 3.12. The van der Waals surface area contributed by atoms with Crippen LogP contribution in [0.1, 0.15) is 24.2 Å². The Morgan fingerprint density at radius 3 is 2.14 bits per heavy atom. The molecule has 29 heavy (non-hydrogen) atoms. The summed E-state index contributed by atoms with van der Waals surface area (Å²) in [6.07, 6.45) is -0.388. The summed E-state index contributed by atoms with van der Waals surface area (Å²) in [7, 11) is -3.68. The number of ether oxygens (including phenoxy) is 1. The summed E-state index contributed by atoms with van der Waals surface area (Å²) in [6.45, 7) is 4.19. The van der Waals surface area contributed by atoms with Crippen molar-refractivity contribution in [3.8, 4) is 0 Å². The number of anilines is 1. The van der Waals surface area contributed by atoms with E-state index in [9.17, 15) is 23.3 Å². The number of morpholine rings is 1. The van der Waals surface area contributed by atoms with Crippen LogP contribution < -0.4 is 5.32 Å². The summed E-state index contributed by atoms with van der Waals surface area (Å²) in [6, 6.07) is 11.1. The molecular formula is C19H21N3O6S. The molecule has 9 nitrogen and oxygen atoms in total. The lowest BCUT2D eigenvalue weighted by Gasteiger charge is -2.34. The van der Waals surface area contributed by atoms with Crippen LogP contribution in [-0.4, -0.2) is 48.9 Å². The molecule has 1 aliphatic rings. The van der Waals surface area contributed by atoms with Gasteiger partial charge in [-0.3, -0.25) is 14.9 Å². The minimum Gasteiger partial charge on any atom is -0.373 e. The highest BCUT2D eigenvalue weighted by Gasteiger charge is 2.32. The molecule has 1 aliphatic heterocycles. The molecule has 2 aromatic carbocycles. The molecule has 0 aliphatic carbocycles. The summed E-state index contributed by atoms with van der Waals surface area (Å²) in [5.74, 6) is -0.448.